The number of amides is 3. The zero-order valence-corrected chi connectivity index (χ0v) is 16.3. The Balaban J connectivity index is 1.80. The van der Waals surface area contributed by atoms with Gasteiger partial charge in [-0.25, -0.2) is 4.79 Å². The third-order valence-electron chi connectivity index (χ3n) is 4.53. The van der Waals surface area contributed by atoms with Crippen LogP contribution in [0.5, 0.6) is 0 Å². The molecule has 0 spiro atoms. The lowest BCUT2D eigenvalue weighted by Gasteiger charge is -2.20. The number of hydrogen-bond donors (Lipinski definition) is 1. The lowest BCUT2D eigenvalue weighted by Crippen LogP contribution is -2.27. The van der Waals surface area contributed by atoms with Gasteiger partial charge in [0, 0.05) is 36.4 Å². The first-order valence-corrected chi connectivity index (χ1v) is 9.11. The number of benzene rings is 2. The minimum Gasteiger partial charge on any atom is -0.452 e. The topological polar surface area (TPSA) is 79.0 Å². The Morgan fingerprint density at radius 2 is 1.89 bits per heavy atom. The third-order valence-corrected chi connectivity index (χ3v) is 4.76. The summed E-state index contributed by atoms with van der Waals surface area (Å²) in [5.74, 6) is -0.369. The minimum atomic E-state index is -0.488. The van der Waals surface area contributed by atoms with Crippen molar-refractivity contribution in [1.29, 1.82) is 0 Å². The summed E-state index contributed by atoms with van der Waals surface area (Å²) < 4.78 is 4.67. The van der Waals surface area contributed by atoms with E-state index in [0.717, 1.165) is 6.42 Å². The van der Waals surface area contributed by atoms with Crippen LogP contribution in [0.2, 0.25) is 5.02 Å². The standard InChI is InChI=1S/C20H20ClN3O4/c1-23(20(27)28-2)15-8-6-14(7-9-15)22-19(26)16-10-5-13(21)12-17(16)24-11-3-4-18(24)25/h5-10,12H,3-4,11H2,1-2H3,(H,22,26). The quantitative estimate of drug-likeness (QED) is 0.842. The monoisotopic (exact) mass is 401 g/mol. The van der Waals surface area contributed by atoms with Gasteiger partial charge in [-0.3, -0.25) is 14.5 Å². The van der Waals surface area contributed by atoms with Crippen LogP contribution in [0, 0.1) is 0 Å². The lowest BCUT2D eigenvalue weighted by atomic mass is 10.1. The largest absolute Gasteiger partial charge is 0.452 e. The Morgan fingerprint density at radius 1 is 1.18 bits per heavy atom. The minimum absolute atomic E-state index is 0.0217. The second kappa shape index (κ2) is 8.31. The van der Waals surface area contributed by atoms with Crippen molar-refractivity contribution in [3.8, 4) is 0 Å². The predicted octanol–water partition coefficient (Wildman–Crippen LogP) is 3.92. The molecule has 0 unspecified atom stereocenters. The van der Waals surface area contributed by atoms with E-state index in [0.29, 0.717) is 40.6 Å². The molecule has 146 valence electrons. The Hall–Kier alpha value is -3.06. The number of carbonyl (C=O) groups excluding carboxylic acids is 3. The third kappa shape index (κ3) is 4.09. The molecule has 3 rings (SSSR count). The number of hydrogen-bond acceptors (Lipinski definition) is 4. The fourth-order valence-electron chi connectivity index (χ4n) is 3.03. The van der Waals surface area contributed by atoms with Crippen LogP contribution in [0.15, 0.2) is 42.5 Å². The average Bonchev–Trinajstić information content (AvgIpc) is 3.13. The average molecular weight is 402 g/mol. The van der Waals surface area contributed by atoms with Gasteiger partial charge >= 0.3 is 6.09 Å². The van der Waals surface area contributed by atoms with Gasteiger partial charge in [-0.1, -0.05) is 11.6 Å². The highest BCUT2D eigenvalue weighted by Crippen LogP contribution is 2.29. The molecule has 0 bridgehead atoms. The van der Waals surface area contributed by atoms with Gasteiger partial charge in [-0.05, 0) is 48.9 Å². The highest BCUT2D eigenvalue weighted by Gasteiger charge is 2.26. The van der Waals surface area contributed by atoms with Crippen LogP contribution in [0.1, 0.15) is 23.2 Å². The highest BCUT2D eigenvalue weighted by atomic mass is 35.5. The Labute approximate surface area is 167 Å². The van der Waals surface area contributed by atoms with E-state index in [-0.39, 0.29) is 11.8 Å². The summed E-state index contributed by atoms with van der Waals surface area (Å²) in [7, 11) is 2.90. The van der Waals surface area contributed by atoms with E-state index in [2.05, 4.69) is 10.1 Å². The van der Waals surface area contributed by atoms with Crippen molar-refractivity contribution in [2.24, 2.45) is 0 Å². The van der Waals surface area contributed by atoms with Gasteiger partial charge in [0.05, 0.1) is 18.4 Å². The first-order chi connectivity index (χ1) is 13.4. The molecule has 7 nitrogen and oxygen atoms in total. The molecule has 1 N–H and O–H groups in total. The summed E-state index contributed by atoms with van der Waals surface area (Å²) in [5, 5.41) is 3.27. The van der Waals surface area contributed by atoms with Crippen LogP contribution in [0.4, 0.5) is 21.9 Å². The number of methoxy groups -OCH3 is 1. The van der Waals surface area contributed by atoms with Gasteiger partial charge < -0.3 is 15.0 Å². The van der Waals surface area contributed by atoms with E-state index >= 15 is 0 Å². The first-order valence-electron chi connectivity index (χ1n) is 8.73. The molecule has 0 atom stereocenters. The molecule has 1 fully saturated rings. The van der Waals surface area contributed by atoms with Crippen LogP contribution < -0.4 is 15.1 Å². The molecule has 3 amide bonds. The van der Waals surface area contributed by atoms with Crippen molar-refractivity contribution in [1.82, 2.24) is 0 Å². The van der Waals surface area contributed by atoms with E-state index in [1.54, 1.807) is 54.4 Å². The summed E-state index contributed by atoms with van der Waals surface area (Å²) in [6, 6.07) is 11.6. The molecule has 1 saturated heterocycles. The van der Waals surface area contributed by atoms with Crippen LogP contribution in [-0.4, -0.2) is 38.6 Å². The molecule has 1 heterocycles. The Morgan fingerprint density at radius 3 is 2.50 bits per heavy atom. The van der Waals surface area contributed by atoms with Crippen LogP contribution >= 0.6 is 11.6 Å². The highest BCUT2D eigenvalue weighted by molar-refractivity contribution is 6.31. The fourth-order valence-corrected chi connectivity index (χ4v) is 3.20. The molecular weight excluding hydrogens is 382 g/mol. The molecule has 0 radical (unpaired) electrons. The normalized spacial score (nSPS) is 13.4. The van der Waals surface area contributed by atoms with Crippen LogP contribution in [-0.2, 0) is 9.53 Å². The zero-order chi connectivity index (χ0) is 20.3. The zero-order valence-electron chi connectivity index (χ0n) is 15.6. The number of halogens is 1. The van der Waals surface area contributed by atoms with E-state index in [1.807, 2.05) is 0 Å². The van der Waals surface area contributed by atoms with E-state index < -0.39 is 6.09 Å². The Bertz CT molecular complexity index is 914. The van der Waals surface area contributed by atoms with Crippen molar-refractivity contribution < 1.29 is 19.1 Å². The molecule has 2 aromatic rings. The van der Waals surface area contributed by atoms with Gasteiger partial charge in [0.2, 0.25) is 5.91 Å². The maximum absolute atomic E-state index is 12.8. The van der Waals surface area contributed by atoms with Gasteiger partial charge in [-0.2, -0.15) is 0 Å². The van der Waals surface area contributed by atoms with Gasteiger partial charge in [0.15, 0.2) is 0 Å². The first kappa shape index (κ1) is 19.7. The molecule has 2 aromatic carbocycles. The number of rotatable bonds is 4. The summed E-state index contributed by atoms with van der Waals surface area (Å²) in [6.45, 7) is 0.564. The van der Waals surface area contributed by atoms with Crippen molar-refractivity contribution in [2.45, 2.75) is 12.8 Å². The molecule has 0 saturated carbocycles. The van der Waals surface area contributed by atoms with E-state index in [1.165, 1.54) is 12.0 Å². The number of nitrogens with one attached hydrogen (secondary N) is 1. The van der Waals surface area contributed by atoms with Crippen LogP contribution in [0.25, 0.3) is 0 Å². The molecular formula is C20H20ClN3O4. The van der Waals surface area contributed by atoms with Crippen molar-refractivity contribution in [2.75, 3.05) is 35.8 Å². The second-order valence-corrected chi connectivity index (χ2v) is 6.78. The summed E-state index contributed by atoms with van der Waals surface area (Å²) in [6.07, 6.45) is 0.725. The predicted molar refractivity (Wildman–Crippen MR) is 108 cm³/mol. The molecule has 0 aromatic heterocycles. The molecule has 1 aliphatic rings. The van der Waals surface area contributed by atoms with Crippen molar-refractivity contribution in [3.05, 3.63) is 53.1 Å². The van der Waals surface area contributed by atoms with Crippen LogP contribution in [0.3, 0.4) is 0 Å². The molecule has 1 aliphatic heterocycles. The SMILES string of the molecule is COC(=O)N(C)c1ccc(NC(=O)c2ccc(Cl)cc2N2CCCC2=O)cc1. The fraction of sp³-hybridized carbons (Fsp3) is 0.250. The maximum atomic E-state index is 12.8. The Kier molecular flexibility index (Phi) is 5.84. The van der Waals surface area contributed by atoms with Crippen molar-refractivity contribution in [3.63, 3.8) is 0 Å². The smallest absolute Gasteiger partial charge is 0.413 e. The van der Waals surface area contributed by atoms with Gasteiger partial charge in [-0.15, -0.1) is 0 Å². The number of ether oxygens (including phenoxy) is 1. The van der Waals surface area contributed by atoms with E-state index in [4.69, 9.17) is 11.6 Å². The lowest BCUT2D eigenvalue weighted by molar-refractivity contribution is -0.117. The second-order valence-electron chi connectivity index (χ2n) is 6.34. The summed E-state index contributed by atoms with van der Waals surface area (Å²) in [4.78, 5) is 39.4. The van der Waals surface area contributed by atoms with E-state index in [9.17, 15) is 14.4 Å². The molecule has 8 heteroatoms. The maximum Gasteiger partial charge on any atom is 0.413 e. The summed E-state index contributed by atoms with van der Waals surface area (Å²) in [5.41, 5.74) is 2.06. The molecule has 28 heavy (non-hydrogen) atoms. The van der Waals surface area contributed by atoms with Crippen molar-refractivity contribution >= 4 is 46.6 Å². The van der Waals surface area contributed by atoms with Gasteiger partial charge in [0.1, 0.15) is 0 Å². The number of carbonyl (C=O) groups is 3. The number of nitrogens with zero attached hydrogens (tertiary/aromatic N) is 2. The van der Waals surface area contributed by atoms with Gasteiger partial charge in [0.25, 0.3) is 5.91 Å². The molecule has 0 aliphatic carbocycles. The number of anilines is 3. The summed E-state index contributed by atoms with van der Waals surface area (Å²) >= 11 is 6.08.